The number of imidazole rings is 1. The van der Waals surface area contributed by atoms with Gasteiger partial charge >= 0.3 is 0 Å². The van der Waals surface area contributed by atoms with Crippen molar-refractivity contribution in [2.75, 3.05) is 0 Å². The SMILES string of the molecule is c1ccc2oc(-c3cnc[nH]3)nc2c1. The van der Waals surface area contributed by atoms with E-state index in [1.165, 1.54) is 0 Å². The minimum Gasteiger partial charge on any atom is -0.435 e. The van der Waals surface area contributed by atoms with E-state index in [-0.39, 0.29) is 0 Å². The molecule has 2 heterocycles. The molecule has 0 aliphatic carbocycles. The molecular weight excluding hydrogens is 178 g/mol. The second-order valence-electron chi connectivity index (χ2n) is 2.95. The third-order valence-corrected chi connectivity index (χ3v) is 2.02. The molecule has 4 nitrogen and oxygen atoms in total. The number of para-hydroxylation sites is 2. The van der Waals surface area contributed by atoms with E-state index >= 15 is 0 Å². The molecule has 1 aromatic carbocycles. The summed E-state index contributed by atoms with van der Waals surface area (Å²) in [6.07, 6.45) is 3.29. The quantitative estimate of drug-likeness (QED) is 0.632. The van der Waals surface area contributed by atoms with Crippen LogP contribution < -0.4 is 0 Å². The Morgan fingerprint density at radius 2 is 2.14 bits per heavy atom. The smallest absolute Gasteiger partial charge is 0.245 e. The summed E-state index contributed by atoms with van der Waals surface area (Å²) in [4.78, 5) is 11.2. The summed E-state index contributed by atoms with van der Waals surface area (Å²) in [5.41, 5.74) is 2.44. The first-order valence-corrected chi connectivity index (χ1v) is 4.28. The standard InChI is InChI=1S/C10H7N3O/c1-2-4-9-7(3-1)13-10(14-9)8-5-11-6-12-8/h1-6H,(H,11,12). The highest BCUT2D eigenvalue weighted by molar-refractivity contribution is 5.75. The number of hydrogen-bond donors (Lipinski definition) is 1. The highest BCUT2D eigenvalue weighted by atomic mass is 16.3. The van der Waals surface area contributed by atoms with Crippen LogP contribution in [0.1, 0.15) is 0 Å². The second-order valence-corrected chi connectivity index (χ2v) is 2.95. The van der Waals surface area contributed by atoms with Crippen LogP contribution in [0.2, 0.25) is 0 Å². The van der Waals surface area contributed by atoms with E-state index in [0.717, 1.165) is 16.8 Å². The number of fused-ring (bicyclic) bond motifs is 1. The van der Waals surface area contributed by atoms with E-state index in [1.54, 1.807) is 12.5 Å². The predicted molar refractivity (Wildman–Crippen MR) is 51.6 cm³/mol. The van der Waals surface area contributed by atoms with Crippen LogP contribution >= 0.6 is 0 Å². The average molecular weight is 185 g/mol. The van der Waals surface area contributed by atoms with E-state index in [4.69, 9.17) is 4.42 Å². The van der Waals surface area contributed by atoms with Gasteiger partial charge in [-0.05, 0) is 12.1 Å². The third kappa shape index (κ3) is 1.01. The Labute approximate surface area is 79.6 Å². The lowest BCUT2D eigenvalue weighted by molar-refractivity contribution is 0.617. The van der Waals surface area contributed by atoms with Crippen LogP contribution in [-0.2, 0) is 0 Å². The Hall–Kier alpha value is -2.10. The van der Waals surface area contributed by atoms with Gasteiger partial charge in [0.15, 0.2) is 5.58 Å². The van der Waals surface area contributed by atoms with Crippen LogP contribution in [0.5, 0.6) is 0 Å². The Morgan fingerprint density at radius 3 is 2.93 bits per heavy atom. The van der Waals surface area contributed by atoms with Crippen molar-refractivity contribution in [2.45, 2.75) is 0 Å². The zero-order chi connectivity index (χ0) is 9.38. The molecule has 68 valence electrons. The summed E-state index contributed by atoms with van der Waals surface area (Å²) in [6.45, 7) is 0. The summed E-state index contributed by atoms with van der Waals surface area (Å²) in [6, 6.07) is 7.66. The van der Waals surface area contributed by atoms with Crippen LogP contribution in [0.25, 0.3) is 22.7 Å². The number of nitrogens with one attached hydrogen (secondary N) is 1. The molecular formula is C10H7N3O. The minimum absolute atomic E-state index is 0.573. The first-order valence-electron chi connectivity index (χ1n) is 4.28. The zero-order valence-corrected chi connectivity index (χ0v) is 7.27. The van der Waals surface area contributed by atoms with Crippen molar-refractivity contribution in [3.63, 3.8) is 0 Å². The van der Waals surface area contributed by atoms with Crippen molar-refractivity contribution >= 4 is 11.1 Å². The van der Waals surface area contributed by atoms with E-state index < -0.39 is 0 Å². The van der Waals surface area contributed by atoms with Gasteiger partial charge in [0.05, 0.1) is 12.5 Å². The number of oxazole rings is 1. The van der Waals surface area contributed by atoms with Crippen LogP contribution in [0.4, 0.5) is 0 Å². The fraction of sp³-hybridized carbons (Fsp3) is 0. The molecule has 1 N–H and O–H groups in total. The van der Waals surface area contributed by atoms with Crippen molar-refractivity contribution in [2.24, 2.45) is 0 Å². The molecule has 0 spiro atoms. The van der Waals surface area contributed by atoms with Crippen LogP contribution in [0.15, 0.2) is 41.2 Å². The molecule has 0 aliphatic heterocycles. The lowest BCUT2D eigenvalue weighted by Crippen LogP contribution is -1.74. The number of nitrogens with zero attached hydrogens (tertiary/aromatic N) is 2. The molecule has 3 aromatic rings. The van der Waals surface area contributed by atoms with Gasteiger partial charge in [-0.25, -0.2) is 9.97 Å². The molecule has 0 unspecified atom stereocenters. The summed E-state index contributed by atoms with van der Waals surface area (Å²) in [5.74, 6) is 0.573. The molecule has 0 saturated carbocycles. The van der Waals surface area contributed by atoms with E-state index in [1.807, 2.05) is 24.3 Å². The molecule has 0 saturated heterocycles. The summed E-state index contributed by atoms with van der Waals surface area (Å²) in [5, 5.41) is 0. The van der Waals surface area contributed by atoms with Gasteiger partial charge in [0, 0.05) is 0 Å². The van der Waals surface area contributed by atoms with Gasteiger partial charge in [-0.15, -0.1) is 0 Å². The fourth-order valence-electron chi connectivity index (χ4n) is 1.36. The number of rotatable bonds is 1. The molecule has 0 aliphatic rings. The van der Waals surface area contributed by atoms with Crippen LogP contribution in [0.3, 0.4) is 0 Å². The van der Waals surface area contributed by atoms with Gasteiger partial charge in [0.2, 0.25) is 5.89 Å². The maximum atomic E-state index is 5.53. The largest absolute Gasteiger partial charge is 0.435 e. The maximum absolute atomic E-state index is 5.53. The topological polar surface area (TPSA) is 54.7 Å². The number of aromatic amines is 1. The first-order chi connectivity index (χ1) is 6.93. The molecule has 0 bridgehead atoms. The second kappa shape index (κ2) is 2.70. The monoisotopic (exact) mass is 185 g/mol. The van der Waals surface area contributed by atoms with Gasteiger partial charge in [0.1, 0.15) is 11.2 Å². The van der Waals surface area contributed by atoms with E-state index in [9.17, 15) is 0 Å². The Bertz CT molecular complexity index is 521. The van der Waals surface area contributed by atoms with Gasteiger partial charge in [-0.3, -0.25) is 0 Å². The van der Waals surface area contributed by atoms with E-state index in [2.05, 4.69) is 15.0 Å². The predicted octanol–water partition coefficient (Wildman–Crippen LogP) is 2.22. The average Bonchev–Trinajstić information content (AvgIpc) is 2.86. The van der Waals surface area contributed by atoms with Gasteiger partial charge < -0.3 is 9.40 Å². The van der Waals surface area contributed by atoms with Crippen LogP contribution in [-0.4, -0.2) is 15.0 Å². The highest BCUT2D eigenvalue weighted by Gasteiger charge is 2.07. The summed E-state index contributed by atoms with van der Waals surface area (Å²) < 4.78 is 5.53. The summed E-state index contributed by atoms with van der Waals surface area (Å²) >= 11 is 0. The van der Waals surface area contributed by atoms with Crippen molar-refractivity contribution in [3.05, 3.63) is 36.8 Å². The normalized spacial score (nSPS) is 10.9. The molecule has 0 amide bonds. The Balaban J connectivity index is 2.24. The molecule has 0 fully saturated rings. The fourth-order valence-corrected chi connectivity index (χ4v) is 1.36. The Kier molecular flexibility index (Phi) is 1.41. The molecule has 2 aromatic heterocycles. The maximum Gasteiger partial charge on any atom is 0.245 e. The lowest BCUT2D eigenvalue weighted by atomic mass is 10.3. The molecule has 14 heavy (non-hydrogen) atoms. The van der Waals surface area contributed by atoms with Gasteiger partial charge in [0.25, 0.3) is 0 Å². The summed E-state index contributed by atoms with van der Waals surface area (Å²) in [7, 11) is 0. The molecule has 4 heteroatoms. The number of H-pyrrole nitrogens is 1. The first kappa shape index (κ1) is 7.32. The van der Waals surface area contributed by atoms with Crippen molar-refractivity contribution < 1.29 is 4.42 Å². The van der Waals surface area contributed by atoms with Crippen LogP contribution in [0, 0.1) is 0 Å². The Morgan fingerprint density at radius 1 is 1.21 bits per heavy atom. The number of aromatic nitrogens is 3. The van der Waals surface area contributed by atoms with Crippen molar-refractivity contribution in [3.8, 4) is 11.6 Å². The highest BCUT2D eigenvalue weighted by Crippen LogP contribution is 2.21. The minimum atomic E-state index is 0.573. The van der Waals surface area contributed by atoms with Crippen molar-refractivity contribution in [1.29, 1.82) is 0 Å². The van der Waals surface area contributed by atoms with Gasteiger partial charge in [-0.1, -0.05) is 12.1 Å². The molecule has 0 radical (unpaired) electrons. The van der Waals surface area contributed by atoms with Gasteiger partial charge in [-0.2, -0.15) is 0 Å². The number of hydrogen-bond acceptors (Lipinski definition) is 3. The van der Waals surface area contributed by atoms with Crippen molar-refractivity contribution in [1.82, 2.24) is 15.0 Å². The molecule has 3 rings (SSSR count). The van der Waals surface area contributed by atoms with E-state index in [0.29, 0.717) is 5.89 Å². The third-order valence-electron chi connectivity index (χ3n) is 2.02. The lowest BCUT2D eigenvalue weighted by Gasteiger charge is -1.84. The number of benzene rings is 1. The zero-order valence-electron chi connectivity index (χ0n) is 7.27. The molecule has 0 atom stereocenters.